The highest BCUT2D eigenvalue weighted by molar-refractivity contribution is 4.74. The Bertz CT molecular complexity index is 187. The van der Waals surface area contributed by atoms with E-state index in [1.807, 2.05) is 7.05 Å². The van der Waals surface area contributed by atoms with Crippen molar-refractivity contribution in [3.8, 4) is 0 Å². The van der Waals surface area contributed by atoms with Gasteiger partial charge in [-0.05, 0) is 33.0 Å². The number of likely N-dealkylation sites (tertiary alicyclic amines) is 1. The first-order valence-electron chi connectivity index (χ1n) is 6.48. The van der Waals surface area contributed by atoms with Crippen LogP contribution >= 0.6 is 0 Å². The molecule has 0 aliphatic carbocycles. The van der Waals surface area contributed by atoms with Crippen LogP contribution in [0.1, 0.15) is 19.3 Å². The highest BCUT2D eigenvalue weighted by atomic mass is 16.6. The fourth-order valence-electron chi connectivity index (χ4n) is 2.46. The number of rotatable bonds is 4. The Balaban J connectivity index is 1.64. The van der Waals surface area contributed by atoms with E-state index in [-0.39, 0.29) is 12.2 Å². The van der Waals surface area contributed by atoms with Crippen molar-refractivity contribution in [3.05, 3.63) is 0 Å². The van der Waals surface area contributed by atoms with Gasteiger partial charge in [0.25, 0.3) is 0 Å². The maximum atomic E-state index is 5.84. The molecule has 4 nitrogen and oxygen atoms in total. The normalized spacial score (nSPS) is 32.8. The van der Waals surface area contributed by atoms with Crippen LogP contribution in [0.25, 0.3) is 0 Å². The lowest BCUT2D eigenvalue weighted by Crippen LogP contribution is -2.46. The molecule has 1 N–H and O–H groups in total. The second-order valence-electron chi connectivity index (χ2n) is 4.83. The predicted octanol–water partition coefficient (Wildman–Crippen LogP) is 0.476. The van der Waals surface area contributed by atoms with Gasteiger partial charge in [0, 0.05) is 13.1 Å². The fraction of sp³-hybridized carbons (Fsp3) is 1.00. The highest BCUT2D eigenvalue weighted by Gasteiger charge is 2.24. The molecule has 4 heteroatoms. The Morgan fingerprint density at radius 1 is 1.06 bits per heavy atom. The van der Waals surface area contributed by atoms with Crippen LogP contribution in [0, 0.1) is 0 Å². The van der Waals surface area contributed by atoms with Gasteiger partial charge in [-0.3, -0.25) is 0 Å². The third-order valence-corrected chi connectivity index (χ3v) is 3.38. The Morgan fingerprint density at radius 3 is 2.38 bits per heavy atom. The lowest BCUT2D eigenvalue weighted by Gasteiger charge is -2.34. The van der Waals surface area contributed by atoms with Gasteiger partial charge >= 0.3 is 0 Å². The summed E-state index contributed by atoms with van der Waals surface area (Å²) in [7, 11) is 1.95. The molecule has 0 aromatic carbocycles. The molecule has 2 aliphatic rings. The molecule has 0 aromatic rings. The van der Waals surface area contributed by atoms with Crippen molar-refractivity contribution in [2.45, 2.75) is 31.5 Å². The summed E-state index contributed by atoms with van der Waals surface area (Å²) in [5, 5.41) is 3.12. The number of hydrogen-bond acceptors (Lipinski definition) is 4. The van der Waals surface area contributed by atoms with E-state index >= 15 is 0 Å². The van der Waals surface area contributed by atoms with Crippen molar-refractivity contribution in [1.29, 1.82) is 0 Å². The molecular formula is C12H24N2O2. The molecule has 2 heterocycles. The predicted molar refractivity (Wildman–Crippen MR) is 63.7 cm³/mol. The van der Waals surface area contributed by atoms with Crippen LogP contribution in [0.2, 0.25) is 0 Å². The molecule has 2 fully saturated rings. The zero-order chi connectivity index (χ0) is 11.2. The zero-order valence-corrected chi connectivity index (χ0v) is 10.3. The molecule has 0 aromatic heterocycles. The van der Waals surface area contributed by atoms with E-state index in [2.05, 4.69) is 10.2 Å². The van der Waals surface area contributed by atoms with Crippen LogP contribution in [0.3, 0.4) is 0 Å². The second-order valence-corrected chi connectivity index (χ2v) is 4.83. The van der Waals surface area contributed by atoms with Gasteiger partial charge in [-0.1, -0.05) is 6.42 Å². The number of nitrogens with one attached hydrogen (secondary N) is 1. The van der Waals surface area contributed by atoms with Crippen LogP contribution in [-0.2, 0) is 9.47 Å². The van der Waals surface area contributed by atoms with Gasteiger partial charge in [0.2, 0.25) is 0 Å². The highest BCUT2D eigenvalue weighted by Crippen LogP contribution is 2.13. The van der Waals surface area contributed by atoms with Gasteiger partial charge in [-0.2, -0.15) is 0 Å². The summed E-state index contributed by atoms with van der Waals surface area (Å²) in [5.41, 5.74) is 0. The van der Waals surface area contributed by atoms with Crippen LogP contribution in [-0.4, -0.2) is 63.5 Å². The molecule has 0 amide bonds. The summed E-state index contributed by atoms with van der Waals surface area (Å²) in [4.78, 5) is 2.51. The molecule has 0 saturated carbocycles. The van der Waals surface area contributed by atoms with Crippen molar-refractivity contribution in [3.63, 3.8) is 0 Å². The standard InChI is InChI=1S/C12H24N2O2/c1-13-7-11-9-16-12(10-15-11)8-14-5-3-2-4-6-14/h11-13H,2-10H2,1H3. The molecule has 16 heavy (non-hydrogen) atoms. The quantitative estimate of drug-likeness (QED) is 0.758. The molecule has 2 aliphatic heterocycles. The minimum Gasteiger partial charge on any atom is -0.372 e. The Morgan fingerprint density at radius 2 is 1.75 bits per heavy atom. The van der Waals surface area contributed by atoms with Gasteiger partial charge in [-0.15, -0.1) is 0 Å². The molecule has 0 radical (unpaired) electrons. The van der Waals surface area contributed by atoms with Crippen molar-refractivity contribution in [2.24, 2.45) is 0 Å². The summed E-state index contributed by atoms with van der Waals surface area (Å²) in [6.45, 7) is 5.89. The third-order valence-electron chi connectivity index (χ3n) is 3.38. The summed E-state index contributed by atoms with van der Waals surface area (Å²) in [6.07, 6.45) is 4.60. The van der Waals surface area contributed by atoms with Gasteiger partial charge in [0.05, 0.1) is 25.4 Å². The lowest BCUT2D eigenvalue weighted by atomic mass is 10.1. The van der Waals surface area contributed by atoms with Crippen molar-refractivity contribution in [2.75, 3.05) is 46.4 Å². The third kappa shape index (κ3) is 3.70. The largest absolute Gasteiger partial charge is 0.372 e. The first-order chi connectivity index (χ1) is 7.88. The van der Waals surface area contributed by atoms with Crippen LogP contribution in [0.15, 0.2) is 0 Å². The average Bonchev–Trinajstić information content (AvgIpc) is 2.33. The Kier molecular flexibility index (Phi) is 5.03. The molecule has 0 bridgehead atoms. The van der Waals surface area contributed by atoms with E-state index in [4.69, 9.17) is 9.47 Å². The number of likely N-dealkylation sites (N-methyl/N-ethyl adjacent to an activating group) is 1. The maximum absolute atomic E-state index is 5.84. The first kappa shape index (κ1) is 12.3. The summed E-state index contributed by atoms with van der Waals surface area (Å²) in [5.74, 6) is 0. The van der Waals surface area contributed by atoms with Gasteiger partial charge in [0.1, 0.15) is 0 Å². The topological polar surface area (TPSA) is 33.7 Å². The number of piperidine rings is 1. The molecule has 2 rings (SSSR count). The monoisotopic (exact) mass is 228 g/mol. The van der Waals surface area contributed by atoms with E-state index in [9.17, 15) is 0 Å². The minimum atomic E-state index is 0.239. The van der Waals surface area contributed by atoms with E-state index in [1.54, 1.807) is 0 Å². The second kappa shape index (κ2) is 6.55. The van der Waals surface area contributed by atoms with E-state index in [0.717, 1.165) is 26.3 Å². The minimum absolute atomic E-state index is 0.239. The summed E-state index contributed by atoms with van der Waals surface area (Å²) in [6, 6.07) is 0. The van der Waals surface area contributed by atoms with Crippen molar-refractivity contribution in [1.82, 2.24) is 10.2 Å². The maximum Gasteiger partial charge on any atom is 0.0936 e. The van der Waals surface area contributed by atoms with Gasteiger partial charge in [0.15, 0.2) is 0 Å². The van der Waals surface area contributed by atoms with Crippen LogP contribution in [0.4, 0.5) is 0 Å². The molecule has 0 spiro atoms. The van der Waals surface area contributed by atoms with Crippen LogP contribution in [0.5, 0.6) is 0 Å². The van der Waals surface area contributed by atoms with E-state index in [1.165, 1.54) is 32.4 Å². The zero-order valence-electron chi connectivity index (χ0n) is 10.3. The molecule has 2 atom stereocenters. The fourth-order valence-corrected chi connectivity index (χ4v) is 2.46. The molecule has 2 saturated heterocycles. The molecule has 2 unspecified atom stereocenters. The van der Waals surface area contributed by atoms with Crippen LogP contribution < -0.4 is 5.32 Å². The SMILES string of the molecule is CNCC1COC(CN2CCCCC2)CO1. The molecular weight excluding hydrogens is 204 g/mol. The van der Waals surface area contributed by atoms with Crippen molar-refractivity contribution >= 4 is 0 Å². The van der Waals surface area contributed by atoms with Gasteiger partial charge < -0.3 is 19.7 Å². The first-order valence-corrected chi connectivity index (χ1v) is 6.48. The Labute approximate surface area is 98.3 Å². The molecule has 94 valence electrons. The summed E-state index contributed by atoms with van der Waals surface area (Å²) >= 11 is 0. The van der Waals surface area contributed by atoms with E-state index < -0.39 is 0 Å². The van der Waals surface area contributed by atoms with Gasteiger partial charge in [-0.25, -0.2) is 0 Å². The Hall–Kier alpha value is -0.160. The number of nitrogens with zero attached hydrogens (tertiary/aromatic N) is 1. The summed E-state index contributed by atoms with van der Waals surface area (Å²) < 4.78 is 11.6. The van der Waals surface area contributed by atoms with Crippen molar-refractivity contribution < 1.29 is 9.47 Å². The average molecular weight is 228 g/mol. The van der Waals surface area contributed by atoms with E-state index in [0.29, 0.717) is 0 Å². The lowest BCUT2D eigenvalue weighted by molar-refractivity contribution is -0.138. The smallest absolute Gasteiger partial charge is 0.0936 e. The number of ether oxygens (including phenoxy) is 2. The number of hydrogen-bond donors (Lipinski definition) is 1.